The fourth-order valence-electron chi connectivity index (χ4n) is 3.02. The summed E-state index contributed by atoms with van der Waals surface area (Å²) in [6, 6.07) is 15.5. The first-order valence-electron chi connectivity index (χ1n) is 8.84. The van der Waals surface area contributed by atoms with Crippen LogP contribution in [0.25, 0.3) is 10.9 Å². The van der Waals surface area contributed by atoms with Crippen LogP contribution in [0.4, 0.5) is 0 Å². The molecule has 0 amide bonds. The molecular formula is C22H23NO4. The summed E-state index contributed by atoms with van der Waals surface area (Å²) in [5.41, 5.74) is 3.84. The van der Waals surface area contributed by atoms with Crippen LogP contribution >= 0.6 is 0 Å². The maximum atomic E-state index is 12.7. The molecule has 0 bridgehead atoms. The maximum Gasteiger partial charge on any atom is 0.340 e. The van der Waals surface area contributed by atoms with E-state index < -0.39 is 5.97 Å². The highest BCUT2D eigenvalue weighted by atomic mass is 16.6. The van der Waals surface area contributed by atoms with Gasteiger partial charge in [0.25, 0.3) is 0 Å². The number of nitrogens with zero attached hydrogens (tertiary/aromatic N) is 1. The van der Waals surface area contributed by atoms with Gasteiger partial charge in [-0.1, -0.05) is 30.3 Å². The molecule has 1 aromatic heterocycles. The number of para-hydroxylation sites is 1. The van der Waals surface area contributed by atoms with Crippen LogP contribution in [0.3, 0.4) is 0 Å². The molecule has 0 N–H and O–H groups in total. The number of hydrogen-bond donors (Lipinski definition) is 0. The van der Waals surface area contributed by atoms with E-state index in [1.807, 2.05) is 62.4 Å². The van der Waals surface area contributed by atoms with Crippen molar-refractivity contribution < 1.29 is 19.0 Å². The third-order valence-corrected chi connectivity index (χ3v) is 4.29. The predicted molar refractivity (Wildman–Crippen MR) is 104 cm³/mol. The smallest absolute Gasteiger partial charge is 0.340 e. The summed E-state index contributed by atoms with van der Waals surface area (Å²) in [6.07, 6.45) is 0. The van der Waals surface area contributed by atoms with Crippen molar-refractivity contribution in [1.29, 1.82) is 0 Å². The number of esters is 1. The number of benzene rings is 2. The standard InChI is InChI=1S/C22H23NO4/c1-15-7-6-8-17(13-15)26-11-12-27-22(24)21-16(2)18-9-4-5-10-19(18)23-20(21)14-25-3/h4-10,13H,11-12,14H2,1-3H3. The molecule has 27 heavy (non-hydrogen) atoms. The zero-order valence-electron chi connectivity index (χ0n) is 15.8. The lowest BCUT2D eigenvalue weighted by molar-refractivity contribution is 0.0444. The highest BCUT2D eigenvalue weighted by molar-refractivity contribution is 5.98. The fourth-order valence-corrected chi connectivity index (χ4v) is 3.02. The number of carbonyl (C=O) groups is 1. The van der Waals surface area contributed by atoms with E-state index in [2.05, 4.69) is 4.98 Å². The molecule has 0 spiro atoms. The van der Waals surface area contributed by atoms with Gasteiger partial charge in [-0.25, -0.2) is 9.78 Å². The summed E-state index contributed by atoms with van der Waals surface area (Å²) in [7, 11) is 1.58. The minimum atomic E-state index is -0.411. The van der Waals surface area contributed by atoms with Crippen molar-refractivity contribution in [3.63, 3.8) is 0 Å². The Morgan fingerprint density at radius 1 is 1.04 bits per heavy atom. The van der Waals surface area contributed by atoms with Crippen molar-refractivity contribution in [2.75, 3.05) is 20.3 Å². The van der Waals surface area contributed by atoms with Gasteiger partial charge in [0.15, 0.2) is 0 Å². The van der Waals surface area contributed by atoms with E-state index in [1.54, 1.807) is 7.11 Å². The second-order valence-electron chi connectivity index (χ2n) is 6.31. The predicted octanol–water partition coefficient (Wildman–Crippen LogP) is 4.23. The fraction of sp³-hybridized carbons (Fsp3) is 0.273. The zero-order valence-corrected chi connectivity index (χ0v) is 15.8. The first kappa shape index (κ1) is 18.9. The Bertz CT molecular complexity index is 952. The summed E-state index contributed by atoms with van der Waals surface area (Å²) in [4.78, 5) is 17.3. The average Bonchev–Trinajstić information content (AvgIpc) is 2.66. The summed E-state index contributed by atoms with van der Waals surface area (Å²) in [6.45, 7) is 4.60. The number of ether oxygens (including phenoxy) is 3. The van der Waals surface area contributed by atoms with E-state index in [0.717, 1.165) is 27.8 Å². The molecule has 0 aliphatic carbocycles. The first-order valence-corrected chi connectivity index (χ1v) is 8.84. The molecule has 2 aromatic carbocycles. The largest absolute Gasteiger partial charge is 0.490 e. The van der Waals surface area contributed by atoms with Gasteiger partial charge in [-0.15, -0.1) is 0 Å². The van der Waals surface area contributed by atoms with Crippen LogP contribution in [-0.4, -0.2) is 31.3 Å². The van der Waals surface area contributed by atoms with Gasteiger partial charge in [-0.3, -0.25) is 0 Å². The molecule has 0 aliphatic rings. The van der Waals surface area contributed by atoms with E-state index in [0.29, 0.717) is 11.3 Å². The molecule has 0 saturated heterocycles. The number of aromatic nitrogens is 1. The van der Waals surface area contributed by atoms with Crippen molar-refractivity contribution in [2.24, 2.45) is 0 Å². The number of pyridine rings is 1. The molecule has 5 heteroatoms. The minimum Gasteiger partial charge on any atom is -0.490 e. The second kappa shape index (κ2) is 8.64. The number of rotatable bonds is 7. The van der Waals surface area contributed by atoms with Crippen LogP contribution in [0.5, 0.6) is 5.75 Å². The SMILES string of the molecule is COCc1nc2ccccc2c(C)c1C(=O)OCCOc1cccc(C)c1. The van der Waals surface area contributed by atoms with Crippen LogP contribution in [0, 0.1) is 13.8 Å². The molecule has 0 saturated carbocycles. The highest BCUT2D eigenvalue weighted by Gasteiger charge is 2.20. The third-order valence-electron chi connectivity index (χ3n) is 4.29. The monoisotopic (exact) mass is 365 g/mol. The van der Waals surface area contributed by atoms with Crippen LogP contribution in [0.2, 0.25) is 0 Å². The Kier molecular flexibility index (Phi) is 6.04. The number of methoxy groups -OCH3 is 1. The van der Waals surface area contributed by atoms with Crippen LogP contribution < -0.4 is 4.74 Å². The Morgan fingerprint density at radius 3 is 2.63 bits per heavy atom. The molecule has 0 aliphatic heterocycles. The van der Waals surface area contributed by atoms with Crippen molar-refractivity contribution in [1.82, 2.24) is 4.98 Å². The number of carbonyl (C=O) groups excluding carboxylic acids is 1. The van der Waals surface area contributed by atoms with E-state index >= 15 is 0 Å². The third kappa shape index (κ3) is 4.44. The Labute approximate surface area is 158 Å². The normalized spacial score (nSPS) is 10.8. The molecule has 3 rings (SSSR count). The van der Waals surface area contributed by atoms with Crippen molar-refractivity contribution >= 4 is 16.9 Å². The van der Waals surface area contributed by atoms with E-state index in [-0.39, 0.29) is 19.8 Å². The van der Waals surface area contributed by atoms with Gasteiger partial charge in [0.05, 0.1) is 23.4 Å². The van der Waals surface area contributed by atoms with Gasteiger partial charge in [0, 0.05) is 12.5 Å². The molecule has 0 atom stereocenters. The van der Waals surface area contributed by atoms with Gasteiger partial charge in [-0.2, -0.15) is 0 Å². The lowest BCUT2D eigenvalue weighted by Gasteiger charge is -2.14. The lowest BCUT2D eigenvalue weighted by Crippen LogP contribution is -2.16. The average molecular weight is 365 g/mol. The molecule has 0 radical (unpaired) electrons. The number of fused-ring (bicyclic) bond motifs is 1. The van der Waals surface area contributed by atoms with Gasteiger partial charge < -0.3 is 14.2 Å². The van der Waals surface area contributed by atoms with Gasteiger partial charge in [0.1, 0.15) is 19.0 Å². The summed E-state index contributed by atoms with van der Waals surface area (Å²) in [5.74, 6) is 0.348. The van der Waals surface area contributed by atoms with Crippen LogP contribution in [-0.2, 0) is 16.1 Å². The Morgan fingerprint density at radius 2 is 1.85 bits per heavy atom. The molecule has 140 valence electrons. The van der Waals surface area contributed by atoms with E-state index in [1.165, 1.54) is 0 Å². The van der Waals surface area contributed by atoms with Gasteiger partial charge in [-0.05, 0) is 43.2 Å². The van der Waals surface area contributed by atoms with Gasteiger partial charge >= 0.3 is 5.97 Å². The summed E-state index contributed by atoms with van der Waals surface area (Å²) in [5, 5.41) is 0.931. The van der Waals surface area contributed by atoms with Crippen LogP contribution in [0.1, 0.15) is 27.2 Å². The zero-order chi connectivity index (χ0) is 19.2. The summed E-state index contributed by atoms with van der Waals surface area (Å²) >= 11 is 0. The molecule has 0 fully saturated rings. The molecule has 3 aromatic rings. The van der Waals surface area contributed by atoms with Crippen molar-refractivity contribution in [3.05, 3.63) is 70.9 Å². The van der Waals surface area contributed by atoms with Crippen molar-refractivity contribution in [2.45, 2.75) is 20.5 Å². The van der Waals surface area contributed by atoms with Crippen molar-refractivity contribution in [3.8, 4) is 5.75 Å². The first-order chi connectivity index (χ1) is 13.1. The minimum absolute atomic E-state index is 0.158. The highest BCUT2D eigenvalue weighted by Crippen LogP contribution is 2.24. The topological polar surface area (TPSA) is 57.7 Å². The molecule has 0 unspecified atom stereocenters. The quantitative estimate of drug-likeness (QED) is 0.463. The van der Waals surface area contributed by atoms with E-state index in [9.17, 15) is 4.79 Å². The Hall–Kier alpha value is -2.92. The molecular weight excluding hydrogens is 342 g/mol. The number of hydrogen-bond acceptors (Lipinski definition) is 5. The molecule has 5 nitrogen and oxygen atoms in total. The van der Waals surface area contributed by atoms with Gasteiger partial charge in [0.2, 0.25) is 0 Å². The maximum absolute atomic E-state index is 12.7. The lowest BCUT2D eigenvalue weighted by atomic mass is 10.0. The van der Waals surface area contributed by atoms with E-state index in [4.69, 9.17) is 14.2 Å². The Balaban J connectivity index is 1.72. The van der Waals surface area contributed by atoms with Crippen LogP contribution in [0.15, 0.2) is 48.5 Å². The number of aryl methyl sites for hydroxylation is 2. The summed E-state index contributed by atoms with van der Waals surface area (Å²) < 4.78 is 16.3. The second-order valence-corrected chi connectivity index (χ2v) is 6.31. The molecule has 1 heterocycles.